The van der Waals surface area contributed by atoms with Gasteiger partial charge in [-0.25, -0.2) is 14.6 Å². The summed E-state index contributed by atoms with van der Waals surface area (Å²) in [5, 5.41) is 2.64. The first-order chi connectivity index (χ1) is 20.2. The summed E-state index contributed by atoms with van der Waals surface area (Å²) in [4.78, 5) is 30.6. The molecule has 4 rings (SSSR count). The summed E-state index contributed by atoms with van der Waals surface area (Å²) in [6.07, 6.45) is -4.75. The van der Waals surface area contributed by atoms with Gasteiger partial charge in [0.25, 0.3) is 0 Å². The van der Waals surface area contributed by atoms with Crippen LogP contribution in [0.25, 0.3) is 11.0 Å². The van der Waals surface area contributed by atoms with E-state index in [0.717, 1.165) is 39.9 Å². The van der Waals surface area contributed by atoms with E-state index in [4.69, 9.17) is 14.5 Å². The number of nitrogens with zero attached hydrogens (tertiary/aromatic N) is 2. The van der Waals surface area contributed by atoms with E-state index < -0.39 is 35.4 Å². The van der Waals surface area contributed by atoms with E-state index in [-0.39, 0.29) is 26.0 Å². The maximum absolute atomic E-state index is 13.2. The van der Waals surface area contributed by atoms with E-state index in [0.29, 0.717) is 11.4 Å². The number of rotatable bonds is 9. The number of hydrogen-bond donors (Lipinski definition) is 1. The Balaban J connectivity index is 1.60. The zero-order valence-electron chi connectivity index (χ0n) is 24.9. The van der Waals surface area contributed by atoms with Gasteiger partial charge in [0.05, 0.1) is 16.6 Å². The fourth-order valence-corrected chi connectivity index (χ4v) is 4.58. The molecule has 3 aromatic carbocycles. The van der Waals surface area contributed by atoms with Crippen LogP contribution in [0, 0.1) is 13.8 Å². The molecule has 0 bridgehead atoms. The number of aromatic nitrogens is 2. The average Bonchev–Trinajstić information content (AvgIpc) is 3.24. The van der Waals surface area contributed by atoms with Gasteiger partial charge in [-0.2, -0.15) is 13.2 Å². The first-order valence-corrected chi connectivity index (χ1v) is 14.0. The van der Waals surface area contributed by atoms with E-state index in [1.54, 1.807) is 20.8 Å². The Kier molecular flexibility index (Phi) is 9.47. The third-order valence-electron chi connectivity index (χ3n) is 6.92. The minimum atomic E-state index is -4.43. The van der Waals surface area contributed by atoms with Crippen LogP contribution in [0.2, 0.25) is 0 Å². The zero-order chi connectivity index (χ0) is 31.4. The molecule has 1 heterocycles. The molecular formula is C33H36F3N3O4. The minimum Gasteiger partial charge on any atom is -0.459 e. The average molecular weight is 596 g/mol. The number of alkyl halides is 3. The monoisotopic (exact) mass is 595 g/mol. The summed E-state index contributed by atoms with van der Waals surface area (Å²) >= 11 is 0. The molecule has 0 fully saturated rings. The van der Waals surface area contributed by atoms with Crippen molar-refractivity contribution in [2.45, 2.75) is 78.4 Å². The Labute approximate surface area is 249 Å². The number of imidazole rings is 1. The van der Waals surface area contributed by atoms with Gasteiger partial charge in [0.2, 0.25) is 0 Å². The van der Waals surface area contributed by atoms with Crippen molar-refractivity contribution in [2.75, 3.05) is 0 Å². The van der Waals surface area contributed by atoms with Crippen LogP contribution < -0.4 is 5.32 Å². The highest BCUT2D eigenvalue weighted by molar-refractivity contribution is 5.81. The molecule has 1 aromatic heterocycles. The molecule has 43 heavy (non-hydrogen) atoms. The molecule has 0 aliphatic carbocycles. The topological polar surface area (TPSA) is 82.4 Å². The highest BCUT2D eigenvalue weighted by Crippen LogP contribution is 2.30. The van der Waals surface area contributed by atoms with Crippen molar-refractivity contribution in [1.82, 2.24) is 14.9 Å². The van der Waals surface area contributed by atoms with Crippen LogP contribution in [-0.2, 0) is 40.0 Å². The number of ether oxygens (including phenoxy) is 2. The van der Waals surface area contributed by atoms with Crippen LogP contribution >= 0.6 is 0 Å². The number of amides is 1. The first kappa shape index (κ1) is 31.6. The Morgan fingerprint density at radius 3 is 2.21 bits per heavy atom. The number of hydrogen-bond acceptors (Lipinski definition) is 5. The fraction of sp³-hybridized carbons (Fsp3) is 0.364. The number of halogens is 3. The van der Waals surface area contributed by atoms with Crippen molar-refractivity contribution >= 4 is 23.1 Å². The quantitative estimate of drug-likeness (QED) is 0.206. The smallest absolute Gasteiger partial charge is 0.416 e. The number of aryl methyl sites for hydroxylation is 3. The van der Waals surface area contributed by atoms with Gasteiger partial charge in [0, 0.05) is 13.0 Å². The lowest BCUT2D eigenvalue weighted by molar-refractivity contribution is -0.147. The molecule has 1 N–H and O–H groups in total. The Hall–Kier alpha value is -4.34. The van der Waals surface area contributed by atoms with Gasteiger partial charge < -0.3 is 19.4 Å². The fourth-order valence-electron chi connectivity index (χ4n) is 4.58. The van der Waals surface area contributed by atoms with Crippen LogP contribution in [0.15, 0.2) is 66.7 Å². The Morgan fingerprint density at radius 1 is 0.930 bits per heavy atom. The highest BCUT2D eigenvalue weighted by atomic mass is 19.4. The standard InChI is InChI=1S/C33H36F3N3O4/c1-21-17-27-28(18-22(21)2)39(19-23-11-13-25(14-12-23)33(34,35)36)29(37-27)16-15-26(38-31(41)43-32(3,4)5)30(40)42-20-24-9-7-6-8-10-24/h6-14,17-18,26H,15-16,19-20H2,1-5H3,(H,38,41). The summed E-state index contributed by atoms with van der Waals surface area (Å²) in [5.41, 5.74) is 3.62. The van der Waals surface area contributed by atoms with Gasteiger partial charge in [-0.1, -0.05) is 42.5 Å². The highest BCUT2D eigenvalue weighted by Gasteiger charge is 2.30. The number of alkyl carbamates (subject to hydrolysis) is 1. The molecule has 1 unspecified atom stereocenters. The van der Waals surface area contributed by atoms with E-state index in [1.165, 1.54) is 12.1 Å². The molecule has 1 amide bonds. The maximum Gasteiger partial charge on any atom is 0.416 e. The van der Waals surface area contributed by atoms with E-state index in [2.05, 4.69) is 5.32 Å². The summed E-state index contributed by atoms with van der Waals surface area (Å²) in [5.74, 6) is -0.00134. The van der Waals surface area contributed by atoms with Gasteiger partial charge >= 0.3 is 18.2 Å². The number of fused-ring (bicyclic) bond motifs is 1. The van der Waals surface area contributed by atoms with Crippen LogP contribution in [0.4, 0.5) is 18.0 Å². The molecule has 0 saturated heterocycles. The van der Waals surface area contributed by atoms with Crippen molar-refractivity contribution in [2.24, 2.45) is 0 Å². The van der Waals surface area contributed by atoms with E-state index in [1.807, 2.05) is 60.9 Å². The third-order valence-corrected chi connectivity index (χ3v) is 6.92. The van der Waals surface area contributed by atoms with Gasteiger partial charge in [-0.05, 0) is 87.6 Å². The molecule has 0 aliphatic heterocycles. The number of carbonyl (C=O) groups is 2. The second-order valence-electron chi connectivity index (χ2n) is 11.6. The Bertz CT molecular complexity index is 1570. The van der Waals surface area contributed by atoms with Gasteiger partial charge in [-0.3, -0.25) is 0 Å². The largest absolute Gasteiger partial charge is 0.459 e. The molecule has 4 aromatic rings. The van der Waals surface area contributed by atoms with Gasteiger partial charge in [0.15, 0.2) is 0 Å². The third kappa shape index (κ3) is 8.59. The molecular weight excluding hydrogens is 559 g/mol. The molecule has 228 valence electrons. The second-order valence-corrected chi connectivity index (χ2v) is 11.6. The Morgan fingerprint density at radius 2 is 1.58 bits per heavy atom. The molecule has 1 atom stereocenters. The second kappa shape index (κ2) is 12.9. The SMILES string of the molecule is Cc1cc2nc(CCC(NC(=O)OC(C)(C)C)C(=O)OCc3ccccc3)n(Cc3ccc(C(F)(F)F)cc3)c2cc1C. The molecule has 0 spiro atoms. The number of carbonyl (C=O) groups excluding carboxylic acids is 2. The zero-order valence-corrected chi connectivity index (χ0v) is 24.9. The van der Waals surface area contributed by atoms with Crippen molar-refractivity contribution in [3.8, 4) is 0 Å². The van der Waals surface area contributed by atoms with Gasteiger partial charge in [-0.15, -0.1) is 0 Å². The lowest BCUT2D eigenvalue weighted by Crippen LogP contribution is -2.44. The van der Waals surface area contributed by atoms with Crippen LogP contribution in [0.1, 0.15) is 60.8 Å². The lowest BCUT2D eigenvalue weighted by Gasteiger charge is -2.23. The first-order valence-electron chi connectivity index (χ1n) is 14.0. The molecule has 7 nitrogen and oxygen atoms in total. The predicted octanol–water partition coefficient (Wildman–Crippen LogP) is 7.29. The van der Waals surface area contributed by atoms with Gasteiger partial charge in [0.1, 0.15) is 24.1 Å². The van der Waals surface area contributed by atoms with Crippen molar-refractivity contribution < 1.29 is 32.2 Å². The summed E-state index contributed by atoms with van der Waals surface area (Å²) < 4.78 is 52.3. The minimum absolute atomic E-state index is 0.0388. The van der Waals surface area contributed by atoms with Crippen LogP contribution in [0.5, 0.6) is 0 Å². The van der Waals surface area contributed by atoms with Crippen molar-refractivity contribution in [3.63, 3.8) is 0 Å². The van der Waals surface area contributed by atoms with E-state index >= 15 is 0 Å². The van der Waals surface area contributed by atoms with Crippen LogP contribution in [0.3, 0.4) is 0 Å². The summed E-state index contributed by atoms with van der Waals surface area (Å²) in [6, 6.07) is 17.2. The molecule has 0 saturated carbocycles. The van der Waals surface area contributed by atoms with Crippen molar-refractivity contribution in [3.05, 3.63) is 100 Å². The predicted molar refractivity (Wildman–Crippen MR) is 157 cm³/mol. The van der Waals surface area contributed by atoms with Crippen LogP contribution in [-0.4, -0.2) is 33.3 Å². The lowest BCUT2D eigenvalue weighted by atomic mass is 10.1. The number of esters is 1. The normalized spacial score (nSPS) is 12.7. The summed E-state index contributed by atoms with van der Waals surface area (Å²) in [6.45, 7) is 9.45. The van der Waals surface area contributed by atoms with Crippen molar-refractivity contribution in [1.29, 1.82) is 0 Å². The summed E-state index contributed by atoms with van der Waals surface area (Å²) in [7, 11) is 0. The number of benzene rings is 3. The van der Waals surface area contributed by atoms with E-state index in [9.17, 15) is 22.8 Å². The molecule has 0 radical (unpaired) electrons. The molecule has 10 heteroatoms. The molecule has 0 aliphatic rings. The maximum atomic E-state index is 13.2. The number of nitrogens with one attached hydrogen (secondary N) is 1.